The van der Waals surface area contributed by atoms with Crippen LogP contribution >= 0.6 is 0 Å². The van der Waals surface area contributed by atoms with Gasteiger partial charge in [-0.2, -0.15) is 0 Å². The minimum Gasteiger partial charge on any atom is -0.379 e. The summed E-state index contributed by atoms with van der Waals surface area (Å²) in [6.07, 6.45) is 4.61. The molecule has 0 aliphatic rings. The monoisotopic (exact) mass is 288 g/mol. The summed E-state index contributed by atoms with van der Waals surface area (Å²) in [5.74, 6) is 0.600. The van der Waals surface area contributed by atoms with Crippen LogP contribution in [0.15, 0.2) is 30.5 Å². The molecule has 0 bridgehead atoms. The van der Waals surface area contributed by atoms with E-state index in [9.17, 15) is 0 Å². The number of nitrogens with one attached hydrogen (secondary N) is 1. The first-order chi connectivity index (χ1) is 10.2. The minimum atomic E-state index is 0.600. The highest BCUT2D eigenvalue weighted by atomic mass is 16.5. The van der Waals surface area contributed by atoms with Crippen molar-refractivity contribution in [1.82, 2.24) is 9.88 Å². The van der Waals surface area contributed by atoms with E-state index >= 15 is 0 Å². The molecule has 0 saturated heterocycles. The van der Waals surface area contributed by atoms with Crippen molar-refractivity contribution in [3.05, 3.63) is 36.0 Å². The van der Waals surface area contributed by atoms with E-state index in [2.05, 4.69) is 54.2 Å². The zero-order valence-electron chi connectivity index (χ0n) is 13.6. The van der Waals surface area contributed by atoms with Gasteiger partial charge < -0.3 is 14.6 Å². The van der Waals surface area contributed by atoms with E-state index in [0.717, 1.165) is 32.7 Å². The molecule has 0 radical (unpaired) electrons. The Morgan fingerprint density at radius 3 is 2.81 bits per heavy atom. The van der Waals surface area contributed by atoms with Gasteiger partial charge in [-0.15, -0.1) is 0 Å². The average molecular weight is 288 g/mol. The molecule has 3 heteroatoms. The molecule has 1 N–H and O–H groups in total. The Hall–Kier alpha value is -1.32. The second-order valence-electron chi connectivity index (χ2n) is 6.04. The molecule has 0 amide bonds. The number of nitrogens with zero attached hydrogens (tertiary/aromatic N) is 1. The second-order valence-corrected chi connectivity index (χ2v) is 6.04. The Balaban J connectivity index is 2.04. The van der Waals surface area contributed by atoms with E-state index in [1.165, 1.54) is 22.9 Å². The van der Waals surface area contributed by atoms with E-state index in [-0.39, 0.29) is 0 Å². The van der Waals surface area contributed by atoms with Gasteiger partial charge >= 0.3 is 0 Å². The van der Waals surface area contributed by atoms with Gasteiger partial charge in [0.05, 0.1) is 6.61 Å². The van der Waals surface area contributed by atoms with Crippen LogP contribution in [0.25, 0.3) is 10.9 Å². The Morgan fingerprint density at radius 1 is 1.24 bits per heavy atom. The Kier molecular flexibility index (Phi) is 6.27. The highest BCUT2D eigenvalue weighted by Crippen LogP contribution is 2.22. The van der Waals surface area contributed by atoms with Crippen LogP contribution in [0.5, 0.6) is 0 Å². The third-order valence-electron chi connectivity index (χ3n) is 3.67. The molecule has 0 saturated carbocycles. The van der Waals surface area contributed by atoms with Gasteiger partial charge in [-0.05, 0) is 44.0 Å². The highest BCUT2D eigenvalue weighted by Gasteiger charge is 2.07. The summed E-state index contributed by atoms with van der Waals surface area (Å²) in [7, 11) is 2.01. The van der Waals surface area contributed by atoms with Crippen molar-refractivity contribution in [3.63, 3.8) is 0 Å². The SMILES string of the molecule is CNCCCc1cn(CCOCC(C)C)c2ccccc12. The molecular weight excluding hydrogens is 260 g/mol. The molecule has 0 aliphatic heterocycles. The lowest BCUT2D eigenvalue weighted by atomic mass is 10.1. The Morgan fingerprint density at radius 2 is 2.05 bits per heavy atom. The fourth-order valence-electron chi connectivity index (χ4n) is 2.64. The number of hydrogen-bond donors (Lipinski definition) is 1. The average Bonchev–Trinajstić information content (AvgIpc) is 2.82. The van der Waals surface area contributed by atoms with Gasteiger partial charge in [0, 0.05) is 30.3 Å². The largest absolute Gasteiger partial charge is 0.379 e. The van der Waals surface area contributed by atoms with Gasteiger partial charge in [-0.3, -0.25) is 0 Å². The number of fused-ring (bicyclic) bond motifs is 1. The maximum Gasteiger partial charge on any atom is 0.0645 e. The Bertz CT molecular complexity index is 545. The second kappa shape index (κ2) is 8.20. The normalized spacial score (nSPS) is 11.6. The van der Waals surface area contributed by atoms with Crippen LogP contribution < -0.4 is 5.32 Å². The van der Waals surface area contributed by atoms with Gasteiger partial charge in [-0.25, -0.2) is 0 Å². The molecular formula is C18H28N2O. The van der Waals surface area contributed by atoms with Gasteiger partial charge in [-0.1, -0.05) is 32.0 Å². The molecule has 0 aliphatic carbocycles. The summed E-state index contributed by atoms with van der Waals surface area (Å²) in [5, 5.41) is 4.60. The predicted octanol–water partition coefficient (Wildman–Crippen LogP) is 3.47. The minimum absolute atomic E-state index is 0.600. The fourth-order valence-corrected chi connectivity index (χ4v) is 2.64. The molecule has 1 aromatic heterocycles. The molecule has 116 valence electrons. The Labute approximate surface area is 128 Å². The smallest absolute Gasteiger partial charge is 0.0645 e. The highest BCUT2D eigenvalue weighted by molar-refractivity contribution is 5.83. The van der Waals surface area contributed by atoms with E-state index in [4.69, 9.17) is 4.74 Å². The van der Waals surface area contributed by atoms with Gasteiger partial charge in [0.1, 0.15) is 0 Å². The van der Waals surface area contributed by atoms with Crippen LogP contribution in [0.3, 0.4) is 0 Å². The first-order valence-corrected chi connectivity index (χ1v) is 8.01. The van der Waals surface area contributed by atoms with Gasteiger partial charge in [0.25, 0.3) is 0 Å². The van der Waals surface area contributed by atoms with Crippen LogP contribution in [0.1, 0.15) is 25.8 Å². The molecule has 1 heterocycles. The maximum absolute atomic E-state index is 5.72. The van der Waals surface area contributed by atoms with E-state index in [1.807, 2.05) is 7.05 Å². The lowest BCUT2D eigenvalue weighted by molar-refractivity contribution is 0.104. The van der Waals surface area contributed by atoms with Crippen molar-refractivity contribution in [1.29, 1.82) is 0 Å². The van der Waals surface area contributed by atoms with Crippen molar-refractivity contribution in [2.45, 2.75) is 33.2 Å². The molecule has 1 aromatic carbocycles. The van der Waals surface area contributed by atoms with Crippen LogP contribution in [0, 0.1) is 5.92 Å². The van der Waals surface area contributed by atoms with E-state index in [0.29, 0.717) is 5.92 Å². The van der Waals surface area contributed by atoms with Crippen LogP contribution in [-0.4, -0.2) is 31.4 Å². The first kappa shape index (κ1) is 16.1. The van der Waals surface area contributed by atoms with Crippen molar-refractivity contribution < 1.29 is 4.74 Å². The molecule has 2 aromatic rings. The lowest BCUT2D eigenvalue weighted by Crippen LogP contribution is -2.09. The third-order valence-corrected chi connectivity index (χ3v) is 3.67. The number of aromatic nitrogens is 1. The summed E-state index contributed by atoms with van der Waals surface area (Å²) in [5.41, 5.74) is 2.77. The van der Waals surface area contributed by atoms with Gasteiger partial charge in [0.2, 0.25) is 0 Å². The number of ether oxygens (including phenoxy) is 1. The summed E-state index contributed by atoms with van der Waals surface area (Å²) >= 11 is 0. The predicted molar refractivity (Wildman–Crippen MR) is 89.8 cm³/mol. The van der Waals surface area contributed by atoms with Crippen molar-refractivity contribution in [2.75, 3.05) is 26.8 Å². The fraction of sp³-hybridized carbons (Fsp3) is 0.556. The van der Waals surface area contributed by atoms with Gasteiger partial charge in [0.15, 0.2) is 0 Å². The topological polar surface area (TPSA) is 26.2 Å². The molecule has 0 atom stereocenters. The summed E-state index contributed by atoms with van der Waals surface area (Å²) < 4.78 is 8.06. The zero-order valence-corrected chi connectivity index (χ0v) is 13.6. The van der Waals surface area contributed by atoms with E-state index < -0.39 is 0 Å². The van der Waals surface area contributed by atoms with Crippen molar-refractivity contribution >= 4 is 10.9 Å². The van der Waals surface area contributed by atoms with Crippen molar-refractivity contribution in [3.8, 4) is 0 Å². The van der Waals surface area contributed by atoms with E-state index in [1.54, 1.807) is 0 Å². The molecule has 3 nitrogen and oxygen atoms in total. The van der Waals surface area contributed by atoms with Crippen LogP contribution in [0.4, 0.5) is 0 Å². The van der Waals surface area contributed by atoms with Crippen LogP contribution in [-0.2, 0) is 17.7 Å². The number of para-hydroxylation sites is 1. The molecule has 0 unspecified atom stereocenters. The first-order valence-electron chi connectivity index (χ1n) is 8.01. The lowest BCUT2D eigenvalue weighted by Gasteiger charge is -2.08. The maximum atomic E-state index is 5.72. The summed E-state index contributed by atoms with van der Waals surface area (Å²) in [4.78, 5) is 0. The summed E-state index contributed by atoms with van der Waals surface area (Å²) in [6.45, 7) is 7.99. The zero-order chi connectivity index (χ0) is 15.1. The number of aryl methyl sites for hydroxylation is 1. The quantitative estimate of drug-likeness (QED) is 0.715. The molecule has 0 fully saturated rings. The number of rotatable bonds is 9. The number of benzene rings is 1. The molecule has 2 rings (SSSR count). The standard InChI is InChI=1S/C18H28N2O/c1-15(2)14-21-12-11-20-13-16(7-6-10-19-3)17-8-4-5-9-18(17)20/h4-5,8-9,13,15,19H,6-7,10-12,14H2,1-3H3. The molecule has 21 heavy (non-hydrogen) atoms. The number of hydrogen-bond acceptors (Lipinski definition) is 2. The van der Waals surface area contributed by atoms with Crippen LogP contribution in [0.2, 0.25) is 0 Å². The molecule has 0 spiro atoms. The third kappa shape index (κ3) is 4.58. The van der Waals surface area contributed by atoms with Crippen molar-refractivity contribution in [2.24, 2.45) is 5.92 Å². The summed E-state index contributed by atoms with van der Waals surface area (Å²) in [6, 6.07) is 8.68.